The van der Waals surface area contributed by atoms with Gasteiger partial charge in [0.1, 0.15) is 0 Å². The van der Waals surface area contributed by atoms with Crippen molar-refractivity contribution in [3.63, 3.8) is 0 Å². The first-order valence-electron chi connectivity index (χ1n) is 7.47. The monoisotopic (exact) mass is 278 g/mol. The number of hydrogen-bond acceptors (Lipinski definition) is 2. The number of benzene rings is 3. The van der Waals surface area contributed by atoms with E-state index >= 15 is 0 Å². The molecule has 0 N–H and O–H groups in total. The zero-order valence-corrected chi connectivity index (χ0v) is 12.5. The van der Waals surface area contributed by atoms with E-state index in [9.17, 15) is 0 Å². The zero-order valence-electron chi connectivity index (χ0n) is 12.5. The lowest BCUT2D eigenvalue weighted by Crippen LogP contribution is -2.36. The normalized spacial score (nSPS) is 11.1. The van der Waals surface area contributed by atoms with Gasteiger partial charge in [0.2, 0.25) is 0 Å². The van der Waals surface area contributed by atoms with Crippen molar-refractivity contribution in [2.75, 3.05) is 13.2 Å². The van der Waals surface area contributed by atoms with Crippen molar-refractivity contribution < 1.29 is 9.31 Å². The first-order valence-corrected chi connectivity index (χ1v) is 7.47. The van der Waals surface area contributed by atoms with Crippen molar-refractivity contribution in [2.24, 2.45) is 0 Å². The van der Waals surface area contributed by atoms with Crippen LogP contribution in [0.3, 0.4) is 0 Å². The van der Waals surface area contributed by atoms with Crippen molar-refractivity contribution >= 4 is 34.1 Å². The molecular formula is C18H19BO2. The van der Waals surface area contributed by atoms with Gasteiger partial charge in [0.25, 0.3) is 0 Å². The van der Waals surface area contributed by atoms with Gasteiger partial charge in [-0.3, -0.25) is 0 Å². The quantitative estimate of drug-likeness (QED) is 0.522. The standard InChI is InChI=1S/C18H19BO2/c1-3-20-19(21-4-2)18-10-9-16-11-14-7-5-6-8-15(14)12-17(16)13-18/h5-13H,3-4H2,1-2H3. The van der Waals surface area contributed by atoms with Crippen LogP contribution in [0.25, 0.3) is 21.5 Å². The maximum absolute atomic E-state index is 5.68. The lowest BCUT2D eigenvalue weighted by Gasteiger charge is -2.13. The summed E-state index contributed by atoms with van der Waals surface area (Å²) in [4.78, 5) is 0. The predicted octanol–water partition coefficient (Wildman–Crippen LogP) is 3.76. The average Bonchev–Trinajstić information content (AvgIpc) is 2.52. The van der Waals surface area contributed by atoms with Crippen LogP contribution in [0.1, 0.15) is 13.8 Å². The fourth-order valence-corrected chi connectivity index (χ4v) is 2.65. The van der Waals surface area contributed by atoms with Crippen LogP contribution in [0.5, 0.6) is 0 Å². The Bertz CT molecular complexity index is 748. The highest BCUT2D eigenvalue weighted by atomic mass is 16.6. The Morgan fingerprint density at radius 3 is 1.90 bits per heavy atom. The van der Waals surface area contributed by atoms with Gasteiger partial charge in [-0.1, -0.05) is 42.5 Å². The van der Waals surface area contributed by atoms with Crippen LogP contribution in [-0.2, 0) is 9.31 Å². The van der Waals surface area contributed by atoms with E-state index in [2.05, 4.69) is 54.6 Å². The molecular weight excluding hydrogens is 259 g/mol. The molecule has 0 saturated heterocycles. The third-order valence-corrected chi connectivity index (χ3v) is 3.64. The van der Waals surface area contributed by atoms with Crippen molar-refractivity contribution in [2.45, 2.75) is 13.8 Å². The van der Waals surface area contributed by atoms with Gasteiger partial charge in [-0.25, -0.2) is 0 Å². The molecule has 3 aromatic rings. The Balaban J connectivity index is 2.07. The summed E-state index contributed by atoms with van der Waals surface area (Å²) in [5.41, 5.74) is 1.07. The minimum atomic E-state index is -0.282. The fraction of sp³-hybridized carbons (Fsp3) is 0.222. The molecule has 0 unspecified atom stereocenters. The molecule has 0 aliphatic heterocycles. The van der Waals surface area contributed by atoms with Crippen LogP contribution < -0.4 is 5.46 Å². The summed E-state index contributed by atoms with van der Waals surface area (Å²) < 4.78 is 11.4. The van der Waals surface area contributed by atoms with Gasteiger partial charge in [-0.2, -0.15) is 0 Å². The largest absolute Gasteiger partial charge is 0.493 e. The molecule has 0 saturated carbocycles. The smallest absolute Gasteiger partial charge is 0.408 e. The summed E-state index contributed by atoms with van der Waals surface area (Å²) in [6, 6.07) is 19.3. The summed E-state index contributed by atoms with van der Waals surface area (Å²) in [5.74, 6) is 0. The second-order valence-electron chi connectivity index (χ2n) is 5.05. The van der Waals surface area contributed by atoms with Gasteiger partial charge in [0, 0.05) is 13.2 Å². The molecule has 0 spiro atoms. The molecule has 0 fully saturated rings. The molecule has 0 aliphatic rings. The highest BCUT2D eigenvalue weighted by molar-refractivity contribution is 6.61. The van der Waals surface area contributed by atoms with Crippen LogP contribution in [0.2, 0.25) is 0 Å². The van der Waals surface area contributed by atoms with Crippen LogP contribution in [-0.4, -0.2) is 20.3 Å². The molecule has 2 nitrogen and oxygen atoms in total. The SMILES string of the molecule is CCOB(OCC)c1ccc2cc3ccccc3cc2c1. The summed E-state index contributed by atoms with van der Waals surface area (Å²) in [6.07, 6.45) is 0. The summed E-state index contributed by atoms with van der Waals surface area (Å²) >= 11 is 0. The average molecular weight is 278 g/mol. The van der Waals surface area contributed by atoms with E-state index in [1.165, 1.54) is 21.5 Å². The highest BCUT2D eigenvalue weighted by Gasteiger charge is 2.20. The van der Waals surface area contributed by atoms with Crippen molar-refractivity contribution in [1.29, 1.82) is 0 Å². The van der Waals surface area contributed by atoms with E-state index in [0.717, 1.165) is 5.46 Å². The van der Waals surface area contributed by atoms with Crippen molar-refractivity contribution in [3.8, 4) is 0 Å². The molecule has 0 atom stereocenters. The number of rotatable bonds is 5. The number of fused-ring (bicyclic) bond motifs is 2. The third kappa shape index (κ3) is 2.94. The lowest BCUT2D eigenvalue weighted by molar-refractivity contribution is 0.225. The molecule has 3 heteroatoms. The van der Waals surface area contributed by atoms with E-state index in [1.807, 2.05) is 13.8 Å². The van der Waals surface area contributed by atoms with Crippen molar-refractivity contribution in [1.82, 2.24) is 0 Å². The Hall–Kier alpha value is -1.84. The molecule has 0 aromatic heterocycles. The van der Waals surface area contributed by atoms with E-state index in [4.69, 9.17) is 9.31 Å². The van der Waals surface area contributed by atoms with E-state index in [1.54, 1.807) is 0 Å². The minimum absolute atomic E-state index is 0.282. The van der Waals surface area contributed by atoms with Crippen LogP contribution >= 0.6 is 0 Å². The summed E-state index contributed by atoms with van der Waals surface area (Å²) in [7, 11) is -0.282. The van der Waals surface area contributed by atoms with Gasteiger partial charge in [0.05, 0.1) is 0 Å². The Kier molecular flexibility index (Phi) is 4.23. The second kappa shape index (κ2) is 6.29. The maximum Gasteiger partial charge on any atom is 0.493 e. The fourth-order valence-electron chi connectivity index (χ4n) is 2.65. The van der Waals surface area contributed by atoms with Crippen LogP contribution in [0.15, 0.2) is 54.6 Å². The maximum atomic E-state index is 5.68. The third-order valence-electron chi connectivity index (χ3n) is 3.64. The second-order valence-corrected chi connectivity index (χ2v) is 5.05. The molecule has 106 valence electrons. The lowest BCUT2D eigenvalue weighted by atomic mass is 9.77. The first-order chi connectivity index (χ1) is 10.3. The van der Waals surface area contributed by atoms with Gasteiger partial charge in [-0.05, 0) is 53.0 Å². The Morgan fingerprint density at radius 2 is 1.29 bits per heavy atom. The molecule has 0 amide bonds. The van der Waals surface area contributed by atoms with Gasteiger partial charge in [-0.15, -0.1) is 0 Å². The molecule has 3 aromatic carbocycles. The van der Waals surface area contributed by atoms with Crippen LogP contribution in [0.4, 0.5) is 0 Å². The summed E-state index contributed by atoms with van der Waals surface area (Å²) in [6.45, 7) is 5.25. The topological polar surface area (TPSA) is 18.5 Å². The van der Waals surface area contributed by atoms with E-state index in [0.29, 0.717) is 13.2 Å². The molecule has 0 heterocycles. The molecule has 0 aliphatic carbocycles. The van der Waals surface area contributed by atoms with Crippen molar-refractivity contribution in [3.05, 3.63) is 54.6 Å². The van der Waals surface area contributed by atoms with Gasteiger partial charge >= 0.3 is 7.12 Å². The Labute approximate surface area is 125 Å². The molecule has 0 bridgehead atoms. The first kappa shape index (κ1) is 14.1. The summed E-state index contributed by atoms with van der Waals surface area (Å²) in [5, 5.41) is 4.98. The number of hydrogen-bond donors (Lipinski definition) is 0. The molecule has 3 rings (SSSR count). The zero-order chi connectivity index (χ0) is 14.7. The Morgan fingerprint density at radius 1 is 0.714 bits per heavy atom. The van der Waals surface area contributed by atoms with Crippen LogP contribution in [0, 0.1) is 0 Å². The van der Waals surface area contributed by atoms with Gasteiger partial charge in [0.15, 0.2) is 0 Å². The van der Waals surface area contributed by atoms with E-state index in [-0.39, 0.29) is 7.12 Å². The predicted molar refractivity (Wildman–Crippen MR) is 90.1 cm³/mol. The van der Waals surface area contributed by atoms with Gasteiger partial charge < -0.3 is 9.31 Å². The molecule has 21 heavy (non-hydrogen) atoms. The van der Waals surface area contributed by atoms with E-state index < -0.39 is 0 Å². The molecule has 0 radical (unpaired) electrons. The minimum Gasteiger partial charge on any atom is -0.408 e. The highest BCUT2D eigenvalue weighted by Crippen LogP contribution is 2.22.